The molecule has 0 fully saturated rings. The lowest BCUT2D eigenvalue weighted by molar-refractivity contribution is 0.159. The van der Waals surface area contributed by atoms with Gasteiger partial charge < -0.3 is 10.5 Å². The molecule has 0 unspecified atom stereocenters. The second-order valence-corrected chi connectivity index (χ2v) is 5.64. The lowest BCUT2D eigenvalue weighted by atomic mass is 10.1. The molecule has 4 nitrogen and oxygen atoms in total. The molecule has 0 amide bonds. The van der Waals surface area contributed by atoms with Crippen LogP contribution >= 0.6 is 38.5 Å². The summed E-state index contributed by atoms with van der Waals surface area (Å²) in [5.74, 6) is 0.254. The van der Waals surface area contributed by atoms with Crippen molar-refractivity contribution in [2.45, 2.75) is 6.10 Å². The highest BCUT2D eigenvalue weighted by atomic mass is 127. The Morgan fingerprint density at radius 3 is 2.84 bits per heavy atom. The number of ether oxygens (including phenoxy) is 1. The van der Waals surface area contributed by atoms with Crippen molar-refractivity contribution >= 4 is 44.3 Å². The first-order valence-corrected chi connectivity index (χ1v) is 7.24. The first-order valence-electron chi connectivity index (χ1n) is 5.37. The summed E-state index contributed by atoms with van der Waals surface area (Å²) in [6.07, 6.45) is 0.706. The van der Waals surface area contributed by atoms with Crippen LogP contribution in [0.3, 0.4) is 0 Å². The zero-order valence-electron chi connectivity index (χ0n) is 9.69. The zero-order chi connectivity index (χ0) is 13.8. The van der Waals surface area contributed by atoms with E-state index in [1.165, 1.54) is 6.20 Å². The summed E-state index contributed by atoms with van der Waals surface area (Å²) in [4.78, 5) is 7.95. The summed E-state index contributed by atoms with van der Waals surface area (Å²) in [5.41, 5.74) is 6.42. The minimum atomic E-state index is -0.751. The van der Waals surface area contributed by atoms with Crippen LogP contribution in [0.15, 0.2) is 35.1 Å². The number of hydrogen-bond donors (Lipinski definition) is 1. The van der Waals surface area contributed by atoms with E-state index >= 15 is 0 Å². The Hall–Kier alpha value is -0.960. The smallest absolute Gasteiger partial charge is 0.259 e. The summed E-state index contributed by atoms with van der Waals surface area (Å²) in [6, 6.07) is 7.42. The van der Waals surface area contributed by atoms with Gasteiger partial charge in [0.1, 0.15) is 11.3 Å². The van der Waals surface area contributed by atoms with Crippen molar-refractivity contribution in [2.75, 3.05) is 12.4 Å². The van der Waals surface area contributed by atoms with E-state index in [9.17, 15) is 4.39 Å². The lowest BCUT2D eigenvalue weighted by Gasteiger charge is -2.17. The highest BCUT2D eigenvalue weighted by molar-refractivity contribution is 14.1. The van der Waals surface area contributed by atoms with Crippen molar-refractivity contribution in [3.63, 3.8) is 0 Å². The Morgan fingerprint density at radius 2 is 2.16 bits per heavy atom. The lowest BCUT2D eigenvalue weighted by Crippen LogP contribution is -2.13. The van der Waals surface area contributed by atoms with Crippen LogP contribution in [0.1, 0.15) is 11.7 Å². The molecular formula is C12H10BrFIN3O. The number of rotatable bonds is 4. The van der Waals surface area contributed by atoms with Crippen molar-refractivity contribution in [3.05, 3.63) is 44.2 Å². The van der Waals surface area contributed by atoms with Gasteiger partial charge in [-0.05, 0) is 44.6 Å². The molecule has 1 aromatic heterocycles. The van der Waals surface area contributed by atoms with Crippen molar-refractivity contribution in [1.82, 2.24) is 9.97 Å². The topological polar surface area (TPSA) is 61.0 Å². The average Bonchev–Trinajstić information content (AvgIpc) is 2.41. The van der Waals surface area contributed by atoms with Crippen LogP contribution in [0.25, 0.3) is 0 Å². The number of nitrogens with zero attached hydrogens (tertiary/aromatic N) is 2. The van der Waals surface area contributed by atoms with Gasteiger partial charge in [0.15, 0.2) is 11.9 Å². The van der Waals surface area contributed by atoms with Crippen LogP contribution in [-0.4, -0.2) is 16.6 Å². The molecule has 0 bridgehead atoms. The predicted molar refractivity (Wildman–Crippen MR) is 82.6 cm³/mol. The summed E-state index contributed by atoms with van der Waals surface area (Å²) >= 11 is 5.31. The van der Waals surface area contributed by atoms with Crippen LogP contribution in [0.2, 0.25) is 0 Å². The minimum absolute atomic E-state index is 0.122. The van der Waals surface area contributed by atoms with Crippen LogP contribution < -0.4 is 10.5 Å². The Bertz CT molecular complexity index is 585. The molecule has 0 saturated heterocycles. The Kier molecular flexibility index (Phi) is 4.92. The van der Waals surface area contributed by atoms with E-state index < -0.39 is 12.8 Å². The number of nitrogen functional groups attached to an aromatic ring is 1. The van der Waals surface area contributed by atoms with E-state index in [-0.39, 0.29) is 11.7 Å². The summed E-state index contributed by atoms with van der Waals surface area (Å²) in [6.45, 7) is -0.673. The van der Waals surface area contributed by atoms with Crippen molar-refractivity contribution in [2.24, 2.45) is 0 Å². The summed E-state index contributed by atoms with van der Waals surface area (Å²) < 4.78 is 20.1. The molecule has 7 heteroatoms. The first-order chi connectivity index (χ1) is 9.11. The zero-order valence-corrected chi connectivity index (χ0v) is 13.4. The normalized spacial score (nSPS) is 12.2. The number of halogens is 3. The molecule has 0 aliphatic heterocycles. The van der Waals surface area contributed by atoms with Gasteiger partial charge in [-0.25, -0.2) is 14.4 Å². The van der Waals surface area contributed by atoms with Crippen LogP contribution in [0, 0.1) is 3.57 Å². The third kappa shape index (κ3) is 3.53. The van der Waals surface area contributed by atoms with Crippen LogP contribution in [-0.2, 0) is 0 Å². The summed E-state index contributed by atoms with van der Waals surface area (Å²) in [5, 5.41) is 0. The van der Waals surface area contributed by atoms with E-state index in [1.54, 1.807) is 0 Å². The van der Waals surface area contributed by atoms with Gasteiger partial charge in [-0.15, -0.1) is 0 Å². The quantitative estimate of drug-likeness (QED) is 0.743. The highest BCUT2D eigenvalue weighted by Crippen LogP contribution is 2.28. The average molecular weight is 438 g/mol. The maximum Gasteiger partial charge on any atom is 0.259 e. The Balaban J connectivity index is 2.29. The van der Waals surface area contributed by atoms with Gasteiger partial charge in [-0.3, -0.25) is 0 Å². The van der Waals surface area contributed by atoms with Crippen LogP contribution in [0.4, 0.5) is 10.2 Å². The molecule has 0 radical (unpaired) electrons. The van der Waals surface area contributed by atoms with Gasteiger partial charge in [0.25, 0.3) is 5.88 Å². The maximum absolute atomic E-state index is 13.2. The predicted octanol–water partition coefficient (Wildman–Crippen LogP) is 3.52. The fourth-order valence-electron chi connectivity index (χ4n) is 1.50. The maximum atomic E-state index is 13.2. The second kappa shape index (κ2) is 6.47. The largest absolute Gasteiger partial charge is 0.464 e. The third-order valence-electron chi connectivity index (χ3n) is 2.38. The minimum Gasteiger partial charge on any atom is -0.464 e. The molecule has 1 atom stereocenters. The first kappa shape index (κ1) is 14.4. The second-order valence-electron chi connectivity index (χ2n) is 3.67. The number of aromatic nitrogens is 2. The van der Waals surface area contributed by atoms with Gasteiger partial charge in [-0.1, -0.05) is 18.2 Å². The van der Waals surface area contributed by atoms with E-state index in [0.717, 1.165) is 9.13 Å². The molecule has 2 aromatic rings. The molecule has 0 aliphatic carbocycles. The Morgan fingerprint density at radius 1 is 1.42 bits per heavy atom. The molecule has 0 aliphatic rings. The van der Waals surface area contributed by atoms with E-state index in [1.807, 2.05) is 24.3 Å². The van der Waals surface area contributed by atoms with Crippen molar-refractivity contribution in [1.29, 1.82) is 0 Å². The molecule has 19 heavy (non-hydrogen) atoms. The van der Waals surface area contributed by atoms with E-state index in [0.29, 0.717) is 4.60 Å². The third-order valence-corrected chi connectivity index (χ3v) is 3.75. The highest BCUT2D eigenvalue weighted by Gasteiger charge is 2.18. The van der Waals surface area contributed by atoms with Gasteiger partial charge >= 0.3 is 0 Å². The molecule has 0 saturated carbocycles. The molecule has 1 aromatic carbocycles. The fraction of sp³-hybridized carbons (Fsp3) is 0.167. The number of benzene rings is 1. The molecule has 2 rings (SSSR count). The van der Waals surface area contributed by atoms with Gasteiger partial charge in [0, 0.05) is 9.13 Å². The Labute approximate surface area is 131 Å². The number of anilines is 1. The SMILES string of the molecule is Nc1ncc(Br)nc1O[C@@H](CF)c1ccccc1I. The molecule has 100 valence electrons. The van der Waals surface area contributed by atoms with E-state index in [2.05, 4.69) is 48.5 Å². The van der Waals surface area contributed by atoms with Crippen molar-refractivity contribution < 1.29 is 9.13 Å². The number of hydrogen-bond acceptors (Lipinski definition) is 4. The monoisotopic (exact) mass is 437 g/mol. The fourth-order valence-corrected chi connectivity index (χ4v) is 2.50. The molecule has 2 N–H and O–H groups in total. The van der Waals surface area contributed by atoms with Gasteiger partial charge in [0.05, 0.1) is 6.20 Å². The van der Waals surface area contributed by atoms with Crippen LogP contribution in [0.5, 0.6) is 5.88 Å². The molecular weight excluding hydrogens is 428 g/mol. The summed E-state index contributed by atoms with van der Waals surface area (Å²) in [7, 11) is 0. The van der Waals surface area contributed by atoms with Crippen molar-refractivity contribution in [3.8, 4) is 5.88 Å². The van der Waals surface area contributed by atoms with Gasteiger partial charge in [0.2, 0.25) is 0 Å². The number of nitrogens with two attached hydrogens (primary N) is 1. The standard InChI is InChI=1S/C12H10BrFIN3O/c13-10-6-17-11(16)12(18-10)19-9(5-14)7-3-1-2-4-8(7)15/h1-4,6,9H,5H2,(H2,16,17)/t9-/m0/s1. The van der Waals surface area contributed by atoms with E-state index in [4.69, 9.17) is 10.5 Å². The molecule has 1 heterocycles. The van der Waals surface area contributed by atoms with Gasteiger partial charge in [-0.2, -0.15) is 0 Å². The molecule has 0 spiro atoms. The number of alkyl halides is 1.